The molecule has 0 aromatic heterocycles. The van der Waals surface area contributed by atoms with E-state index >= 15 is 0 Å². The zero-order valence-corrected chi connectivity index (χ0v) is 11.5. The molecule has 19 heavy (non-hydrogen) atoms. The summed E-state index contributed by atoms with van der Waals surface area (Å²) in [6.07, 6.45) is 1.67. The van der Waals surface area contributed by atoms with E-state index in [1.807, 2.05) is 13.8 Å². The van der Waals surface area contributed by atoms with Crippen LogP contribution in [0.25, 0.3) is 0 Å². The number of aliphatic hydroxyl groups is 1. The molecule has 2 nitrogen and oxygen atoms in total. The van der Waals surface area contributed by atoms with Crippen molar-refractivity contribution in [2.45, 2.75) is 44.8 Å². The molecule has 1 unspecified atom stereocenters. The van der Waals surface area contributed by atoms with E-state index in [9.17, 15) is 13.9 Å². The number of rotatable bonds is 4. The van der Waals surface area contributed by atoms with Gasteiger partial charge in [0, 0.05) is 12.0 Å². The summed E-state index contributed by atoms with van der Waals surface area (Å²) in [4.78, 5) is 2.22. The van der Waals surface area contributed by atoms with Crippen LogP contribution in [0.3, 0.4) is 0 Å². The van der Waals surface area contributed by atoms with E-state index in [4.69, 9.17) is 0 Å². The van der Waals surface area contributed by atoms with Gasteiger partial charge in [0.2, 0.25) is 0 Å². The van der Waals surface area contributed by atoms with Crippen LogP contribution in [0.4, 0.5) is 8.78 Å². The van der Waals surface area contributed by atoms with Gasteiger partial charge in [-0.15, -0.1) is 0 Å². The lowest BCUT2D eigenvalue weighted by Crippen LogP contribution is -2.52. The van der Waals surface area contributed by atoms with Crippen molar-refractivity contribution in [3.05, 3.63) is 35.4 Å². The number of likely N-dealkylation sites (tertiary alicyclic amines) is 1. The Hall–Kier alpha value is -1.00. The third-order valence-electron chi connectivity index (χ3n) is 4.18. The van der Waals surface area contributed by atoms with Crippen LogP contribution in [0, 0.1) is 11.6 Å². The lowest BCUT2D eigenvalue weighted by molar-refractivity contribution is 0.00288. The molecule has 0 saturated carbocycles. The highest BCUT2D eigenvalue weighted by atomic mass is 19.2. The summed E-state index contributed by atoms with van der Waals surface area (Å²) in [5.41, 5.74) is -0.185. The number of nitrogens with zero attached hydrogens (tertiary/aromatic N) is 1. The van der Waals surface area contributed by atoms with Gasteiger partial charge in [-0.05, 0) is 51.4 Å². The third kappa shape index (κ3) is 2.95. The fraction of sp³-hybridized carbons (Fsp3) is 0.600. The van der Waals surface area contributed by atoms with Crippen molar-refractivity contribution in [3.8, 4) is 0 Å². The van der Waals surface area contributed by atoms with Gasteiger partial charge in [0.15, 0.2) is 11.6 Å². The molecule has 1 aromatic carbocycles. The molecule has 0 spiro atoms. The number of hydrogen-bond acceptors (Lipinski definition) is 2. The first-order valence-corrected chi connectivity index (χ1v) is 6.79. The van der Waals surface area contributed by atoms with Gasteiger partial charge in [0.1, 0.15) is 0 Å². The first kappa shape index (κ1) is 14.4. The minimum atomic E-state index is -0.858. The predicted molar refractivity (Wildman–Crippen MR) is 71.0 cm³/mol. The molecule has 1 N–H and O–H groups in total. The van der Waals surface area contributed by atoms with E-state index < -0.39 is 23.3 Å². The molecule has 0 bridgehead atoms. The van der Waals surface area contributed by atoms with Crippen LogP contribution in [0.2, 0.25) is 0 Å². The maximum absolute atomic E-state index is 13.6. The van der Waals surface area contributed by atoms with Crippen LogP contribution in [-0.4, -0.2) is 34.7 Å². The lowest BCUT2D eigenvalue weighted by atomic mass is 9.90. The second kappa shape index (κ2) is 5.55. The molecule has 106 valence electrons. The minimum Gasteiger partial charge on any atom is -0.391 e. The van der Waals surface area contributed by atoms with E-state index in [1.165, 1.54) is 12.1 Å². The number of halogens is 2. The maximum Gasteiger partial charge on any atom is 0.162 e. The summed E-state index contributed by atoms with van der Waals surface area (Å²) >= 11 is 0. The molecule has 0 radical (unpaired) electrons. The lowest BCUT2D eigenvalue weighted by Gasteiger charge is -2.39. The highest BCUT2D eigenvalue weighted by Crippen LogP contribution is 2.27. The summed E-state index contributed by atoms with van der Waals surface area (Å²) in [6, 6.07) is 4.10. The highest BCUT2D eigenvalue weighted by molar-refractivity contribution is 5.20. The molecule has 0 aliphatic carbocycles. The third-order valence-corrected chi connectivity index (χ3v) is 4.18. The largest absolute Gasteiger partial charge is 0.391 e. The molecule has 4 heteroatoms. The van der Waals surface area contributed by atoms with Crippen molar-refractivity contribution in [2.75, 3.05) is 13.1 Å². The first-order valence-electron chi connectivity index (χ1n) is 6.79. The van der Waals surface area contributed by atoms with Gasteiger partial charge in [0.05, 0.1) is 6.10 Å². The van der Waals surface area contributed by atoms with Crippen molar-refractivity contribution in [2.24, 2.45) is 0 Å². The van der Waals surface area contributed by atoms with E-state index in [0.717, 1.165) is 32.0 Å². The Labute approximate surface area is 113 Å². The van der Waals surface area contributed by atoms with Gasteiger partial charge in [-0.25, -0.2) is 8.78 Å². The number of benzene rings is 1. The van der Waals surface area contributed by atoms with Crippen molar-refractivity contribution in [1.29, 1.82) is 0 Å². The fourth-order valence-electron chi connectivity index (χ4n) is 2.67. The second-order valence-corrected chi connectivity index (χ2v) is 5.78. The normalized spacial score (nSPS) is 18.8. The van der Waals surface area contributed by atoms with Crippen molar-refractivity contribution < 1.29 is 13.9 Å². The Bertz CT molecular complexity index is 442. The first-order chi connectivity index (χ1) is 8.93. The van der Waals surface area contributed by atoms with E-state index in [2.05, 4.69) is 4.90 Å². The summed E-state index contributed by atoms with van der Waals surface area (Å²) in [6.45, 7) is 5.83. The van der Waals surface area contributed by atoms with Gasteiger partial charge < -0.3 is 5.11 Å². The van der Waals surface area contributed by atoms with Gasteiger partial charge in [0.25, 0.3) is 0 Å². The Kier molecular flexibility index (Phi) is 4.21. The summed E-state index contributed by atoms with van der Waals surface area (Å²) in [5.74, 6) is -1.71. The molecule has 1 heterocycles. The Morgan fingerprint density at radius 3 is 2.53 bits per heavy atom. The zero-order valence-electron chi connectivity index (χ0n) is 11.5. The molecular weight excluding hydrogens is 248 g/mol. The number of hydrogen-bond donors (Lipinski definition) is 1. The summed E-state index contributed by atoms with van der Waals surface area (Å²) in [5, 5.41) is 10.4. The summed E-state index contributed by atoms with van der Waals surface area (Å²) < 4.78 is 26.8. The molecule has 1 fully saturated rings. The van der Waals surface area contributed by atoms with Gasteiger partial charge >= 0.3 is 0 Å². The molecule has 0 amide bonds. The Morgan fingerprint density at radius 2 is 1.89 bits per heavy atom. The van der Waals surface area contributed by atoms with Crippen LogP contribution in [0.5, 0.6) is 0 Å². The molecular formula is C15H21F2NO. The fourth-order valence-corrected chi connectivity index (χ4v) is 2.67. The van der Waals surface area contributed by atoms with Crippen LogP contribution in [0.1, 0.15) is 32.3 Å². The van der Waals surface area contributed by atoms with E-state index in [-0.39, 0.29) is 12.0 Å². The molecule has 1 saturated heterocycles. The minimum absolute atomic E-state index is 0.132. The maximum atomic E-state index is 13.6. The average Bonchev–Trinajstić information content (AvgIpc) is 2.89. The Morgan fingerprint density at radius 1 is 1.26 bits per heavy atom. The summed E-state index contributed by atoms with van der Waals surface area (Å²) in [7, 11) is 0. The molecule has 1 aromatic rings. The zero-order chi connectivity index (χ0) is 14.0. The van der Waals surface area contributed by atoms with E-state index in [1.54, 1.807) is 0 Å². The molecule has 1 atom stereocenters. The smallest absolute Gasteiger partial charge is 0.162 e. The number of aliphatic hydroxyl groups excluding tert-OH is 1. The second-order valence-electron chi connectivity index (χ2n) is 5.78. The standard InChI is InChI=1S/C15H21F2NO/c1-15(2,18-8-3-4-9-18)13(19)10-11-6-5-7-12(16)14(11)17/h5-7,13,19H,3-4,8-10H2,1-2H3. The monoisotopic (exact) mass is 269 g/mol. The average molecular weight is 269 g/mol. The molecule has 2 rings (SSSR count). The quantitative estimate of drug-likeness (QED) is 0.908. The van der Waals surface area contributed by atoms with Gasteiger partial charge in [-0.3, -0.25) is 4.90 Å². The topological polar surface area (TPSA) is 23.5 Å². The highest BCUT2D eigenvalue weighted by Gasteiger charge is 2.36. The molecule has 1 aliphatic heterocycles. The SMILES string of the molecule is CC(C)(C(O)Cc1cccc(F)c1F)N1CCCC1. The van der Waals surface area contributed by atoms with Crippen LogP contribution >= 0.6 is 0 Å². The van der Waals surface area contributed by atoms with Crippen molar-refractivity contribution in [1.82, 2.24) is 4.90 Å². The van der Waals surface area contributed by atoms with Crippen LogP contribution in [-0.2, 0) is 6.42 Å². The van der Waals surface area contributed by atoms with Crippen molar-refractivity contribution >= 4 is 0 Å². The van der Waals surface area contributed by atoms with Gasteiger partial charge in [-0.2, -0.15) is 0 Å². The van der Waals surface area contributed by atoms with Crippen LogP contribution < -0.4 is 0 Å². The van der Waals surface area contributed by atoms with E-state index in [0.29, 0.717) is 0 Å². The molecule has 1 aliphatic rings. The predicted octanol–water partition coefficient (Wildman–Crippen LogP) is 2.74. The Balaban J connectivity index is 2.11. The van der Waals surface area contributed by atoms with Gasteiger partial charge in [-0.1, -0.05) is 12.1 Å². The van der Waals surface area contributed by atoms with Crippen LogP contribution in [0.15, 0.2) is 18.2 Å². The van der Waals surface area contributed by atoms with Crippen molar-refractivity contribution in [3.63, 3.8) is 0 Å².